The van der Waals surface area contributed by atoms with Crippen LogP contribution in [0.2, 0.25) is 0 Å². The van der Waals surface area contributed by atoms with Gasteiger partial charge >= 0.3 is 0 Å². The molecule has 0 aromatic heterocycles. The number of hydroxylamine groups is 1. The van der Waals surface area contributed by atoms with Crippen molar-refractivity contribution < 1.29 is 9.63 Å². The Kier molecular flexibility index (Phi) is 5.10. The van der Waals surface area contributed by atoms with Gasteiger partial charge in [0.25, 0.3) is 5.91 Å². The van der Waals surface area contributed by atoms with Crippen molar-refractivity contribution in [2.75, 3.05) is 0 Å². The van der Waals surface area contributed by atoms with E-state index in [1.807, 2.05) is 32.9 Å². The van der Waals surface area contributed by atoms with Gasteiger partial charge in [-0.15, -0.1) is 0 Å². The van der Waals surface area contributed by atoms with Gasteiger partial charge < -0.3 is 0 Å². The molecule has 1 N–H and O–H groups in total. The van der Waals surface area contributed by atoms with Gasteiger partial charge in [0, 0.05) is 6.08 Å². The molecule has 0 saturated carbocycles. The largest absolute Gasteiger partial charge is 0.268 e. The van der Waals surface area contributed by atoms with Gasteiger partial charge in [-0.1, -0.05) is 31.2 Å². The normalized spacial score (nSPS) is 11.8. The molecular formula is C15H21NO2. The van der Waals surface area contributed by atoms with Crippen molar-refractivity contribution in [3.63, 3.8) is 0 Å². The standard InChI is InChI=1S/C15H21NO2/c1-5-12-6-8-13(9-7-12)10-11-14(17)16-18-15(2,3)4/h6-11H,5H2,1-4H3,(H,16,17)/b11-10+. The first-order chi connectivity index (χ1) is 8.40. The molecule has 18 heavy (non-hydrogen) atoms. The average molecular weight is 247 g/mol. The second-order valence-corrected chi connectivity index (χ2v) is 5.11. The lowest BCUT2D eigenvalue weighted by Crippen LogP contribution is -2.32. The number of amides is 1. The average Bonchev–Trinajstić information content (AvgIpc) is 2.33. The zero-order chi connectivity index (χ0) is 13.6. The fraction of sp³-hybridized carbons (Fsp3) is 0.400. The second-order valence-electron chi connectivity index (χ2n) is 5.11. The van der Waals surface area contributed by atoms with Gasteiger partial charge in [0.1, 0.15) is 0 Å². The SMILES string of the molecule is CCc1ccc(/C=C/C(=O)NOC(C)(C)C)cc1. The number of aryl methyl sites for hydroxylation is 1. The van der Waals surface area contributed by atoms with Gasteiger partial charge in [0.2, 0.25) is 0 Å². The molecule has 98 valence electrons. The minimum atomic E-state index is -0.383. The van der Waals surface area contributed by atoms with Crippen LogP contribution in [0.3, 0.4) is 0 Å². The van der Waals surface area contributed by atoms with E-state index in [-0.39, 0.29) is 11.5 Å². The van der Waals surface area contributed by atoms with Crippen molar-refractivity contribution in [3.8, 4) is 0 Å². The summed E-state index contributed by atoms with van der Waals surface area (Å²) >= 11 is 0. The van der Waals surface area contributed by atoms with E-state index in [0.717, 1.165) is 12.0 Å². The molecular weight excluding hydrogens is 226 g/mol. The number of carbonyl (C=O) groups excluding carboxylic acids is 1. The van der Waals surface area contributed by atoms with Crippen LogP contribution < -0.4 is 5.48 Å². The molecule has 3 nitrogen and oxygen atoms in total. The summed E-state index contributed by atoms with van der Waals surface area (Å²) in [6.07, 6.45) is 4.25. The van der Waals surface area contributed by atoms with E-state index in [9.17, 15) is 4.79 Å². The van der Waals surface area contributed by atoms with Gasteiger partial charge in [-0.3, -0.25) is 9.63 Å². The van der Waals surface area contributed by atoms with E-state index in [2.05, 4.69) is 24.5 Å². The van der Waals surface area contributed by atoms with Crippen molar-refractivity contribution in [3.05, 3.63) is 41.5 Å². The third-order valence-electron chi connectivity index (χ3n) is 2.27. The minimum absolute atomic E-state index is 0.260. The minimum Gasteiger partial charge on any atom is -0.268 e. The lowest BCUT2D eigenvalue weighted by atomic mass is 10.1. The maximum Gasteiger partial charge on any atom is 0.267 e. The molecule has 1 rings (SSSR count). The fourth-order valence-electron chi connectivity index (χ4n) is 1.27. The molecule has 0 radical (unpaired) electrons. The highest BCUT2D eigenvalue weighted by Gasteiger charge is 2.11. The number of nitrogens with one attached hydrogen (secondary N) is 1. The lowest BCUT2D eigenvalue weighted by molar-refractivity contribution is -0.140. The number of rotatable bonds is 4. The Bertz CT molecular complexity index is 413. The molecule has 3 heteroatoms. The molecule has 0 bridgehead atoms. The van der Waals surface area contributed by atoms with Gasteiger partial charge in [-0.2, -0.15) is 0 Å². The lowest BCUT2D eigenvalue weighted by Gasteiger charge is -2.17. The first-order valence-corrected chi connectivity index (χ1v) is 6.16. The highest BCUT2D eigenvalue weighted by Crippen LogP contribution is 2.07. The van der Waals surface area contributed by atoms with Gasteiger partial charge in [0.15, 0.2) is 0 Å². The third kappa shape index (κ3) is 5.64. The Hall–Kier alpha value is -1.61. The van der Waals surface area contributed by atoms with Crippen LogP contribution in [-0.2, 0) is 16.1 Å². The zero-order valence-electron chi connectivity index (χ0n) is 11.5. The summed E-state index contributed by atoms with van der Waals surface area (Å²) in [5.41, 5.74) is 4.29. The third-order valence-corrected chi connectivity index (χ3v) is 2.27. The molecule has 1 aromatic carbocycles. The van der Waals surface area contributed by atoms with Crippen LogP contribution >= 0.6 is 0 Å². The van der Waals surface area contributed by atoms with E-state index in [4.69, 9.17) is 4.84 Å². The zero-order valence-corrected chi connectivity index (χ0v) is 11.5. The summed E-state index contributed by atoms with van der Waals surface area (Å²) in [4.78, 5) is 16.6. The predicted molar refractivity (Wildman–Crippen MR) is 73.8 cm³/mol. The first-order valence-electron chi connectivity index (χ1n) is 6.16. The van der Waals surface area contributed by atoms with Gasteiger partial charge in [-0.25, -0.2) is 5.48 Å². The number of carbonyl (C=O) groups is 1. The van der Waals surface area contributed by atoms with Crippen molar-refractivity contribution in [2.24, 2.45) is 0 Å². The van der Waals surface area contributed by atoms with Crippen LogP contribution in [0.4, 0.5) is 0 Å². The summed E-state index contributed by atoms with van der Waals surface area (Å²) in [5, 5.41) is 0. The van der Waals surface area contributed by atoms with Crippen molar-refractivity contribution in [1.82, 2.24) is 5.48 Å². The molecule has 0 saturated heterocycles. The molecule has 0 heterocycles. The number of benzene rings is 1. The molecule has 0 spiro atoms. The van der Waals surface area contributed by atoms with Crippen LogP contribution in [-0.4, -0.2) is 11.5 Å². The monoisotopic (exact) mass is 247 g/mol. The Morgan fingerprint density at radius 3 is 2.39 bits per heavy atom. The van der Waals surface area contributed by atoms with E-state index in [1.165, 1.54) is 11.6 Å². The van der Waals surface area contributed by atoms with Crippen LogP contribution in [0, 0.1) is 0 Å². The summed E-state index contributed by atoms with van der Waals surface area (Å²) in [5.74, 6) is -0.260. The van der Waals surface area contributed by atoms with Crippen LogP contribution in [0.1, 0.15) is 38.8 Å². The Balaban J connectivity index is 2.50. The Morgan fingerprint density at radius 2 is 1.89 bits per heavy atom. The predicted octanol–water partition coefficient (Wildman–Crippen LogP) is 3.11. The summed E-state index contributed by atoms with van der Waals surface area (Å²) in [6.45, 7) is 7.74. The molecule has 0 atom stereocenters. The molecule has 1 aromatic rings. The number of hydrogen-bond acceptors (Lipinski definition) is 2. The Morgan fingerprint density at radius 1 is 1.28 bits per heavy atom. The molecule has 1 amide bonds. The molecule has 0 fully saturated rings. The van der Waals surface area contributed by atoms with Crippen LogP contribution in [0.5, 0.6) is 0 Å². The maximum absolute atomic E-state index is 11.5. The summed E-state index contributed by atoms with van der Waals surface area (Å²) in [7, 11) is 0. The quantitative estimate of drug-likeness (QED) is 0.656. The van der Waals surface area contributed by atoms with Crippen molar-refractivity contribution in [2.45, 2.75) is 39.7 Å². The van der Waals surface area contributed by atoms with Crippen molar-refractivity contribution >= 4 is 12.0 Å². The topological polar surface area (TPSA) is 38.3 Å². The summed E-state index contributed by atoms with van der Waals surface area (Å²) < 4.78 is 0. The van der Waals surface area contributed by atoms with Gasteiger partial charge in [0.05, 0.1) is 5.60 Å². The first kappa shape index (κ1) is 14.5. The smallest absolute Gasteiger partial charge is 0.267 e. The Labute approximate surface area is 109 Å². The van der Waals surface area contributed by atoms with Crippen molar-refractivity contribution in [1.29, 1.82) is 0 Å². The number of hydrogen-bond donors (Lipinski definition) is 1. The van der Waals surface area contributed by atoms with Crippen LogP contribution in [0.15, 0.2) is 30.3 Å². The van der Waals surface area contributed by atoms with E-state index in [0.29, 0.717) is 0 Å². The molecule has 0 aliphatic carbocycles. The molecule has 0 unspecified atom stereocenters. The van der Waals surface area contributed by atoms with E-state index < -0.39 is 0 Å². The van der Waals surface area contributed by atoms with Gasteiger partial charge in [-0.05, 0) is 44.4 Å². The molecule has 0 aliphatic heterocycles. The van der Waals surface area contributed by atoms with Crippen LogP contribution in [0.25, 0.3) is 6.08 Å². The highest BCUT2D eigenvalue weighted by atomic mass is 16.7. The maximum atomic E-state index is 11.5. The molecule has 0 aliphatic rings. The summed E-state index contributed by atoms with van der Waals surface area (Å²) in [6, 6.07) is 8.10. The van der Waals surface area contributed by atoms with E-state index in [1.54, 1.807) is 6.08 Å². The highest BCUT2D eigenvalue weighted by molar-refractivity contribution is 5.90. The van der Waals surface area contributed by atoms with E-state index >= 15 is 0 Å². The second kappa shape index (κ2) is 6.36. The fourth-order valence-corrected chi connectivity index (χ4v) is 1.27.